The number of hydrogen-bond acceptors (Lipinski definition) is 7. The van der Waals surface area contributed by atoms with Crippen LogP contribution in [0, 0.1) is 0 Å². The van der Waals surface area contributed by atoms with Crippen LogP contribution in [0.3, 0.4) is 0 Å². The number of nitrogens with one attached hydrogen (secondary N) is 2. The number of hydrogen-bond donors (Lipinski definition) is 2. The van der Waals surface area contributed by atoms with E-state index in [1.165, 1.54) is 19.5 Å². The van der Waals surface area contributed by atoms with Gasteiger partial charge in [-0.15, -0.1) is 0 Å². The molecule has 26 heavy (non-hydrogen) atoms. The third-order valence-electron chi connectivity index (χ3n) is 3.56. The van der Waals surface area contributed by atoms with Crippen molar-refractivity contribution in [2.75, 3.05) is 24.9 Å². The predicted molar refractivity (Wildman–Crippen MR) is 95.6 cm³/mol. The molecular formula is C18H18N4O4. The molecule has 0 radical (unpaired) electrons. The average molecular weight is 354 g/mol. The standard InChI is InChI=1S/C18H18N4O4/c1-24-15-6-5-13(8-16(15)25-2)22-17(23)12-9-19-18(20-10-12)21-11-14-4-3-7-26-14/h3-10H,11H2,1-2H3,(H,22,23)(H,19,20,21). The molecule has 0 aliphatic carbocycles. The quantitative estimate of drug-likeness (QED) is 0.673. The highest BCUT2D eigenvalue weighted by molar-refractivity contribution is 6.04. The topological polar surface area (TPSA) is 98.5 Å². The molecule has 0 aliphatic rings. The van der Waals surface area contributed by atoms with Gasteiger partial charge in [0.1, 0.15) is 5.76 Å². The van der Waals surface area contributed by atoms with E-state index >= 15 is 0 Å². The molecular weight excluding hydrogens is 336 g/mol. The summed E-state index contributed by atoms with van der Waals surface area (Å²) in [5.41, 5.74) is 0.913. The fourth-order valence-corrected chi connectivity index (χ4v) is 2.23. The molecule has 2 N–H and O–H groups in total. The van der Waals surface area contributed by atoms with Crippen LogP contribution in [0.1, 0.15) is 16.1 Å². The molecule has 0 aliphatic heterocycles. The van der Waals surface area contributed by atoms with Gasteiger partial charge in [-0.1, -0.05) is 0 Å². The Labute approximate surface area is 150 Å². The number of benzene rings is 1. The average Bonchev–Trinajstić information content (AvgIpc) is 3.20. The van der Waals surface area contributed by atoms with E-state index in [0.717, 1.165) is 5.76 Å². The number of aromatic nitrogens is 2. The van der Waals surface area contributed by atoms with Crippen molar-refractivity contribution in [1.29, 1.82) is 0 Å². The van der Waals surface area contributed by atoms with Crippen LogP contribution in [0.4, 0.5) is 11.6 Å². The molecule has 3 rings (SSSR count). The zero-order chi connectivity index (χ0) is 18.4. The van der Waals surface area contributed by atoms with Crippen LogP contribution in [-0.4, -0.2) is 30.1 Å². The maximum absolute atomic E-state index is 12.3. The predicted octanol–water partition coefficient (Wildman–Crippen LogP) is 2.95. The molecule has 134 valence electrons. The third-order valence-corrected chi connectivity index (χ3v) is 3.56. The Kier molecular flexibility index (Phi) is 5.33. The number of ether oxygens (including phenoxy) is 2. The second kappa shape index (κ2) is 8.02. The van der Waals surface area contributed by atoms with Gasteiger partial charge in [0.25, 0.3) is 5.91 Å². The first-order valence-electron chi connectivity index (χ1n) is 7.81. The van der Waals surface area contributed by atoms with Crippen molar-refractivity contribution < 1.29 is 18.7 Å². The zero-order valence-electron chi connectivity index (χ0n) is 14.4. The molecule has 0 saturated carbocycles. The molecule has 1 amide bonds. The molecule has 0 unspecified atom stereocenters. The molecule has 0 bridgehead atoms. The number of carbonyl (C=O) groups excluding carboxylic acids is 1. The van der Waals surface area contributed by atoms with E-state index in [1.807, 2.05) is 6.07 Å². The summed E-state index contributed by atoms with van der Waals surface area (Å²) in [5.74, 6) is 1.96. The summed E-state index contributed by atoms with van der Waals surface area (Å²) in [6.07, 6.45) is 4.50. The maximum atomic E-state index is 12.3. The van der Waals surface area contributed by atoms with Gasteiger partial charge in [0.15, 0.2) is 11.5 Å². The molecule has 1 aromatic carbocycles. The minimum atomic E-state index is -0.324. The smallest absolute Gasteiger partial charge is 0.258 e. The second-order valence-electron chi connectivity index (χ2n) is 5.25. The fraction of sp³-hybridized carbons (Fsp3) is 0.167. The Morgan fingerprint density at radius 2 is 1.88 bits per heavy atom. The number of nitrogens with zero attached hydrogens (tertiary/aromatic N) is 2. The highest BCUT2D eigenvalue weighted by Crippen LogP contribution is 2.29. The van der Waals surface area contributed by atoms with E-state index in [9.17, 15) is 4.79 Å². The number of rotatable bonds is 7. The van der Waals surface area contributed by atoms with Crippen LogP contribution < -0.4 is 20.1 Å². The molecule has 0 fully saturated rings. The van der Waals surface area contributed by atoms with Gasteiger partial charge < -0.3 is 24.5 Å². The number of anilines is 2. The SMILES string of the molecule is COc1ccc(NC(=O)c2cnc(NCc3ccco3)nc2)cc1OC. The van der Waals surface area contributed by atoms with Crippen molar-refractivity contribution in [3.63, 3.8) is 0 Å². The summed E-state index contributed by atoms with van der Waals surface area (Å²) < 4.78 is 15.6. The lowest BCUT2D eigenvalue weighted by Gasteiger charge is -2.10. The molecule has 8 heteroatoms. The van der Waals surface area contributed by atoms with Crippen LogP contribution in [-0.2, 0) is 6.54 Å². The highest BCUT2D eigenvalue weighted by Gasteiger charge is 2.10. The van der Waals surface area contributed by atoms with E-state index in [2.05, 4.69) is 20.6 Å². The van der Waals surface area contributed by atoms with E-state index in [-0.39, 0.29) is 5.91 Å². The minimum Gasteiger partial charge on any atom is -0.493 e. The van der Waals surface area contributed by atoms with Crippen molar-refractivity contribution in [2.24, 2.45) is 0 Å². The van der Waals surface area contributed by atoms with Crippen LogP contribution in [0.25, 0.3) is 0 Å². The molecule has 3 aromatic rings. The van der Waals surface area contributed by atoms with Gasteiger partial charge >= 0.3 is 0 Å². The fourth-order valence-electron chi connectivity index (χ4n) is 2.23. The van der Waals surface area contributed by atoms with Gasteiger partial charge in [0.2, 0.25) is 5.95 Å². The lowest BCUT2D eigenvalue weighted by Crippen LogP contribution is -2.13. The van der Waals surface area contributed by atoms with E-state index in [0.29, 0.717) is 35.2 Å². The number of furan rings is 1. The third kappa shape index (κ3) is 4.10. The monoisotopic (exact) mass is 354 g/mol. The van der Waals surface area contributed by atoms with Crippen LogP contribution in [0.2, 0.25) is 0 Å². The first-order chi connectivity index (χ1) is 12.7. The van der Waals surface area contributed by atoms with Crippen molar-refractivity contribution in [2.45, 2.75) is 6.54 Å². The molecule has 0 saturated heterocycles. The second-order valence-corrected chi connectivity index (χ2v) is 5.25. The Morgan fingerprint density at radius 3 is 2.54 bits per heavy atom. The van der Waals surface area contributed by atoms with Crippen LogP contribution in [0.5, 0.6) is 11.5 Å². The molecule has 2 aromatic heterocycles. The van der Waals surface area contributed by atoms with Crippen LogP contribution >= 0.6 is 0 Å². The summed E-state index contributed by atoms with van der Waals surface area (Å²) in [4.78, 5) is 20.6. The number of methoxy groups -OCH3 is 2. The Bertz CT molecular complexity index is 863. The zero-order valence-corrected chi connectivity index (χ0v) is 14.4. The lowest BCUT2D eigenvalue weighted by atomic mass is 10.2. The van der Waals surface area contributed by atoms with Crippen LogP contribution in [0.15, 0.2) is 53.4 Å². The molecule has 8 nitrogen and oxygen atoms in total. The maximum Gasteiger partial charge on any atom is 0.258 e. The lowest BCUT2D eigenvalue weighted by molar-refractivity contribution is 0.102. The van der Waals surface area contributed by atoms with E-state index < -0.39 is 0 Å². The summed E-state index contributed by atoms with van der Waals surface area (Å²) in [5, 5.41) is 5.78. The van der Waals surface area contributed by atoms with Crippen molar-refractivity contribution >= 4 is 17.5 Å². The summed E-state index contributed by atoms with van der Waals surface area (Å²) >= 11 is 0. The summed E-state index contributed by atoms with van der Waals surface area (Å²) in [6.45, 7) is 0.462. The minimum absolute atomic E-state index is 0.324. The van der Waals surface area contributed by atoms with Gasteiger partial charge in [-0.2, -0.15) is 0 Å². The molecule has 0 atom stereocenters. The van der Waals surface area contributed by atoms with E-state index in [1.54, 1.807) is 37.6 Å². The van der Waals surface area contributed by atoms with Crippen molar-refractivity contribution in [3.05, 3.63) is 60.3 Å². The van der Waals surface area contributed by atoms with Crippen molar-refractivity contribution in [3.8, 4) is 11.5 Å². The van der Waals surface area contributed by atoms with Gasteiger partial charge in [0.05, 0.1) is 32.6 Å². The van der Waals surface area contributed by atoms with Crippen molar-refractivity contribution in [1.82, 2.24) is 9.97 Å². The largest absolute Gasteiger partial charge is 0.493 e. The first kappa shape index (κ1) is 17.3. The number of amides is 1. The Balaban J connectivity index is 1.62. The number of carbonyl (C=O) groups is 1. The summed E-state index contributed by atoms with van der Waals surface area (Å²) in [6, 6.07) is 8.76. The highest BCUT2D eigenvalue weighted by atomic mass is 16.5. The molecule has 0 spiro atoms. The Morgan fingerprint density at radius 1 is 1.12 bits per heavy atom. The Hall–Kier alpha value is -3.55. The van der Waals surface area contributed by atoms with Gasteiger partial charge in [-0.25, -0.2) is 9.97 Å². The molecule has 2 heterocycles. The van der Waals surface area contributed by atoms with Gasteiger partial charge in [-0.05, 0) is 24.3 Å². The van der Waals surface area contributed by atoms with Gasteiger partial charge in [-0.3, -0.25) is 4.79 Å². The summed E-state index contributed by atoms with van der Waals surface area (Å²) in [7, 11) is 3.08. The van der Waals surface area contributed by atoms with Gasteiger partial charge in [0, 0.05) is 24.1 Å². The normalized spacial score (nSPS) is 10.2. The first-order valence-corrected chi connectivity index (χ1v) is 7.81. The van der Waals surface area contributed by atoms with E-state index in [4.69, 9.17) is 13.9 Å².